The lowest BCUT2D eigenvalue weighted by molar-refractivity contribution is -0.00575. The first-order valence-electron chi connectivity index (χ1n) is 10.5. The number of aromatic nitrogens is 2. The summed E-state index contributed by atoms with van der Waals surface area (Å²) in [6.07, 6.45) is 2.11. The van der Waals surface area contributed by atoms with Crippen LogP contribution in [0.1, 0.15) is 29.9 Å². The van der Waals surface area contributed by atoms with Crippen molar-refractivity contribution >= 4 is 11.9 Å². The fourth-order valence-corrected chi connectivity index (χ4v) is 4.11. The summed E-state index contributed by atoms with van der Waals surface area (Å²) < 4.78 is 19.7. The topological polar surface area (TPSA) is 61.8 Å². The molecule has 30 heavy (non-hydrogen) atoms. The summed E-state index contributed by atoms with van der Waals surface area (Å²) in [5.74, 6) is 0.0284. The van der Waals surface area contributed by atoms with Gasteiger partial charge in [-0.1, -0.05) is 12.1 Å². The molecule has 0 aliphatic carbocycles. The molecule has 2 saturated heterocycles. The fourth-order valence-electron chi connectivity index (χ4n) is 4.11. The van der Waals surface area contributed by atoms with Crippen molar-refractivity contribution in [1.29, 1.82) is 0 Å². The van der Waals surface area contributed by atoms with Crippen LogP contribution >= 0.6 is 0 Å². The minimum absolute atomic E-state index is 0.139. The second kappa shape index (κ2) is 9.06. The van der Waals surface area contributed by atoms with Gasteiger partial charge in [-0.05, 0) is 32.0 Å². The molecule has 0 bridgehead atoms. The number of piperazine rings is 1. The smallest absolute Gasteiger partial charge is 0.256 e. The molecule has 0 N–H and O–H groups in total. The Kier molecular flexibility index (Phi) is 6.24. The summed E-state index contributed by atoms with van der Waals surface area (Å²) in [6.45, 7) is 8.99. The molecule has 1 aromatic carbocycles. The number of hydrogen-bond acceptors (Lipinski definition) is 6. The highest BCUT2D eigenvalue weighted by Crippen LogP contribution is 2.18. The summed E-state index contributed by atoms with van der Waals surface area (Å²) in [5.41, 5.74) is 1.10. The molecule has 2 aromatic rings. The molecule has 2 fully saturated rings. The molecule has 4 rings (SSSR count). The van der Waals surface area contributed by atoms with Crippen molar-refractivity contribution in [1.82, 2.24) is 19.8 Å². The van der Waals surface area contributed by atoms with E-state index in [2.05, 4.69) is 28.6 Å². The van der Waals surface area contributed by atoms with Crippen LogP contribution in [0.25, 0.3) is 0 Å². The van der Waals surface area contributed by atoms with E-state index in [1.165, 1.54) is 6.07 Å². The minimum atomic E-state index is -0.467. The van der Waals surface area contributed by atoms with Gasteiger partial charge in [-0.2, -0.15) is 0 Å². The van der Waals surface area contributed by atoms with Crippen LogP contribution < -0.4 is 4.90 Å². The van der Waals surface area contributed by atoms with Crippen LogP contribution in [0.4, 0.5) is 10.3 Å². The fraction of sp³-hybridized carbons (Fsp3) is 0.500. The molecule has 0 saturated carbocycles. The quantitative estimate of drug-likeness (QED) is 0.766. The highest BCUT2D eigenvalue weighted by molar-refractivity contribution is 5.94. The lowest BCUT2D eigenvalue weighted by atomic mass is 10.1. The number of benzene rings is 1. The van der Waals surface area contributed by atoms with Gasteiger partial charge in [0.1, 0.15) is 5.82 Å². The molecule has 2 aliphatic heterocycles. The summed E-state index contributed by atoms with van der Waals surface area (Å²) in [7, 11) is 0. The van der Waals surface area contributed by atoms with Crippen molar-refractivity contribution in [3.63, 3.8) is 0 Å². The van der Waals surface area contributed by atoms with Crippen LogP contribution in [0.3, 0.4) is 0 Å². The molecule has 0 unspecified atom stereocenters. The first kappa shape index (κ1) is 20.7. The Bertz CT molecular complexity index is 877. The van der Waals surface area contributed by atoms with Gasteiger partial charge in [0, 0.05) is 52.0 Å². The maximum absolute atomic E-state index is 13.9. The van der Waals surface area contributed by atoms with Crippen molar-refractivity contribution in [2.24, 2.45) is 0 Å². The minimum Gasteiger partial charge on any atom is -0.372 e. The first-order valence-corrected chi connectivity index (χ1v) is 10.5. The standard InChI is InChI=1S/C22H28FN5O2/c1-16-13-28(14-17(2)30-16)22-24-8-7-18(25-22)15-26-9-11-27(12-10-26)21(29)19-5-3-4-6-20(19)23/h3-8,16-17H,9-15H2,1-2H3/t16-,17+. The largest absolute Gasteiger partial charge is 0.372 e. The molecule has 1 aromatic heterocycles. The molecule has 2 atom stereocenters. The molecule has 7 nitrogen and oxygen atoms in total. The predicted octanol–water partition coefficient (Wildman–Crippen LogP) is 2.19. The van der Waals surface area contributed by atoms with Crippen molar-refractivity contribution in [3.05, 3.63) is 53.6 Å². The second-order valence-electron chi connectivity index (χ2n) is 8.06. The second-order valence-corrected chi connectivity index (χ2v) is 8.06. The normalized spacial score (nSPS) is 22.9. The van der Waals surface area contributed by atoms with Crippen LogP contribution in [-0.2, 0) is 11.3 Å². The van der Waals surface area contributed by atoms with Gasteiger partial charge in [0.05, 0.1) is 23.5 Å². The number of anilines is 1. The van der Waals surface area contributed by atoms with Crippen LogP contribution in [-0.4, -0.2) is 77.2 Å². The number of ether oxygens (including phenoxy) is 1. The van der Waals surface area contributed by atoms with Crippen LogP contribution in [0, 0.1) is 5.82 Å². The Morgan fingerprint density at radius 3 is 2.50 bits per heavy atom. The van der Waals surface area contributed by atoms with Gasteiger partial charge in [0.15, 0.2) is 0 Å². The van der Waals surface area contributed by atoms with Gasteiger partial charge >= 0.3 is 0 Å². The zero-order valence-electron chi connectivity index (χ0n) is 17.5. The Balaban J connectivity index is 1.34. The van der Waals surface area contributed by atoms with E-state index in [0.29, 0.717) is 19.6 Å². The average Bonchev–Trinajstić information content (AvgIpc) is 2.74. The lowest BCUT2D eigenvalue weighted by Gasteiger charge is -2.36. The molecular formula is C22H28FN5O2. The third kappa shape index (κ3) is 4.76. The van der Waals surface area contributed by atoms with E-state index in [1.807, 2.05) is 6.07 Å². The zero-order chi connectivity index (χ0) is 21.1. The van der Waals surface area contributed by atoms with Crippen molar-refractivity contribution < 1.29 is 13.9 Å². The Hall–Kier alpha value is -2.58. The molecule has 160 valence electrons. The van der Waals surface area contributed by atoms with E-state index in [-0.39, 0.29) is 23.7 Å². The highest BCUT2D eigenvalue weighted by Gasteiger charge is 2.26. The Morgan fingerprint density at radius 2 is 1.80 bits per heavy atom. The van der Waals surface area contributed by atoms with E-state index in [9.17, 15) is 9.18 Å². The number of carbonyl (C=O) groups excluding carboxylic acids is 1. The highest BCUT2D eigenvalue weighted by atomic mass is 19.1. The number of nitrogens with zero attached hydrogens (tertiary/aromatic N) is 5. The third-order valence-corrected chi connectivity index (χ3v) is 5.55. The number of morpholine rings is 1. The van der Waals surface area contributed by atoms with Gasteiger partial charge in [-0.3, -0.25) is 9.69 Å². The Labute approximate surface area is 176 Å². The third-order valence-electron chi connectivity index (χ3n) is 5.55. The van der Waals surface area contributed by atoms with Crippen molar-refractivity contribution in [2.45, 2.75) is 32.6 Å². The first-order chi connectivity index (χ1) is 14.5. The maximum atomic E-state index is 13.9. The van der Waals surface area contributed by atoms with E-state index in [1.54, 1.807) is 29.3 Å². The van der Waals surface area contributed by atoms with Gasteiger partial charge in [0.2, 0.25) is 5.95 Å². The van der Waals surface area contributed by atoms with Gasteiger partial charge in [0.25, 0.3) is 5.91 Å². The van der Waals surface area contributed by atoms with E-state index in [4.69, 9.17) is 9.72 Å². The Morgan fingerprint density at radius 1 is 1.10 bits per heavy atom. The summed E-state index contributed by atoms with van der Waals surface area (Å²) >= 11 is 0. The maximum Gasteiger partial charge on any atom is 0.256 e. The monoisotopic (exact) mass is 413 g/mol. The van der Waals surface area contributed by atoms with E-state index >= 15 is 0 Å². The number of rotatable bonds is 4. The summed E-state index contributed by atoms with van der Waals surface area (Å²) in [6, 6.07) is 8.09. The van der Waals surface area contributed by atoms with Crippen LogP contribution in [0.15, 0.2) is 36.5 Å². The van der Waals surface area contributed by atoms with E-state index < -0.39 is 5.82 Å². The molecule has 1 amide bonds. The molecule has 2 aliphatic rings. The molecule has 3 heterocycles. The summed E-state index contributed by atoms with van der Waals surface area (Å²) in [5, 5.41) is 0. The van der Waals surface area contributed by atoms with Gasteiger partial charge in [-0.25, -0.2) is 14.4 Å². The van der Waals surface area contributed by atoms with E-state index in [0.717, 1.165) is 37.8 Å². The number of amides is 1. The van der Waals surface area contributed by atoms with Gasteiger partial charge in [-0.15, -0.1) is 0 Å². The molecule has 0 radical (unpaired) electrons. The lowest BCUT2D eigenvalue weighted by Crippen LogP contribution is -2.48. The molecule has 8 heteroatoms. The van der Waals surface area contributed by atoms with Crippen molar-refractivity contribution in [3.8, 4) is 0 Å². The predicted molar refractivity (Wildman–Crippen MR) is 112 cm³/mol. The average molecular weight is 413 g/mol. The molecular weight excluding hydrogens is 385 g/mol. The van der Waals surface area contributed by atoms with Crippen LogP contribution in [0.2, 0.25) is 0 Å². The molecule has 0 spiro atoms. The zero-order valence-corrected chi connectivity index (χ0v) is 17.5. The van der Waals surface area contributed by atoms with Gasteiger partial charge < -0.3 is 14.5 Å². The van der Waals surface area contributed by atoms with Crippen LogP contribution in [0.5, 0.6) is 0 Å². The number of carbonyl (C=O) groups is 1. The SMILES string of the molecule is C[C@@H]1CN(c2nccc(CN3CCN(C(=O)c4ccccc4F)CC3)n2)C[C@H](C)O1. The number of hydrogen-bond donors (Lipinski definition) is 0. The van der Waals surface area contributed by atoms with Crippen molar-refractivity contribution in [2.75, 3.05) is 44.2 Å². The summed E-state index contributed by atoms with van der Waals surface area (Å²) in [4.78, 5) is 28.0. The number of halogens is 1.